The quantitative estimate of drug-likeness (QED) is 0.414. The average Bonchev–Trinajstić information content (AvgIpc) is 2.78. The molecule has 5 saturated heterocycles. The average molecular weight is 279 g/mol. The highest BCUT2D eigenvalue weighted by Crippen LogP contribution is 2.53. The fourth-order valence-electron chi connectivity index (χ4n) is 5.82. The first-order valence-corrected chi connectivity index (χ1v) is 7.96. The van der Waals surface area contributed by atoms with Crippen molar-refractivity contribution in [1.82, 2.24) is 24.9 Å². The van der Waals surface area contributed by atoms with E-state index in [1.54, 1.807) is 0 Å². The van der Waals surface area contributed by atoms with Gasteiger partial charge in [0.05, 0.1) is 0 Å². The summed E-state index contributed by atoms with van der Waals surface area (Å²) >= 11 is 0. The summed E-state index contributed by atoms with van der Waals surface area (Å²) in [4.78, 5) is 10.5. The molecule has 5 N–H and O–H groups in total. The van der Waals surface area contributed by atoms with E-state index in [1.807, 2.05) is 0 Å². The Kier molecular flexibility index (Phi) is 2.18. The summed E-state index contributed by atoms with van der Waals surface area (Å²) in [5.41, 5.74) is 12.4. The molecular formula is C13H25N7. The second kappa shape index (κ2) is 3.55. The topological polar surface area (TPSA) is 77.0 Å². The number of hydrogen-bond donors (Lipinski definition) is 3. The third-order valence-corrected chi connectivity index (χ3v) is 6.43. The predicted molar refractivity (Wildman–Crippen MR) is 75.5 cm³/mol. The molecule has 7 nitrogen and oxygen atoms in total. The van der Waals surface area contributed by atoms with Crippen molar-refractivity contribution in [3.63, 3.8) is 0 Å². The van der Waals surface area contributed by atoms with Crippen molar-refractivity contribution in [2.24, 2.45) is 11.5 Å². The molecule has 4 bridgehead atoms. The van der Waals surface area contributed by atoms with Crippen LogP contribution >= 0.6 is 0 Å². The second-order valence-corrected chi connectivity index (χ2v) is 7.01. The highest BCUT2D eigenvalue weighted by Gasteiger charge is 2.77. The van der Waals surface area contributed by atoms with Crippen molar-refractivity contribution in [2.75, 3.05) is 58.9 Å². The molecule has 0 saturated carbocycles. The van der Waals surface area contributed by atoms with E-state index in [1.165, 1.54) is 0 Å². The molecule has 4 unspecified atom stereocenters. The van der Waals surface area contributed by atoms with Crippen molar-refractivity contribution in [2.45, 2.75) is 23.5 Å². The lowest BCUT2D eigenvalue weighted by atomic mass is 9.72. The van der Waals surface area contributed by atoms with Crippen LogP contribution in [0.3, 0.4) is 0 Å². The number of piperazine rings is 3. The van der Waals surface area contributed by atoms with Crippen LogP contribution in [-0.2, 0) is 0 Å². The lowest BCUT2D eigenvalue weighted by molar-refractivity contribution is -0.327. The Hall–Kier alpha value is -0.280. The van der Waals surface area contributed by atoms with Gasteiger partial charge in [-0.05, 0) is 6.42 Å². The molecule has 4 atom stereocenters. The number of piperidine rings is 1. The first-order valence-electron chi connectivity index (χ1n) is 7.96. The number of hydrogen-bond acceptors (Lipinski definition) is 7. The van der Waals surface area contributed by atoms with Crippen LogP contribution < -0.4 is 16.8 Å². The van der Waals surface area contributed by atoms with E-state index in [-0.39, 0.29) is 11.4 Å². The van der Waals surface area contributed by atoms with E-state index < -0.39 is 5.66 Å². The molecule has 5 fully saturated rings. The number of nitrogens with one attached hydrogen (secondary N) is 1. The third-order valence-electron chi connectivity index (χ3n) is 6.43. The first kappa shape index (κ1) is 12.3. The molecule has 5 aliphatic rings. The van der Waals surface area contributed by atoms with Gasteiger partial charge in [-0.2, -0.15) is 0 Å². The van der Waals surface area contributed by atoms with Gasteiger partial charge in [-0.1, -0.05) is 0 Å². The van der Waals surface area contributed by atoms with E-state index in [0.29, 0.717) is 0 Å². The number of nitrogens with zero attached hydrogens (tertiary/aromatic N) is 4. The van der Waals surface area contributed by atoms with Gasteiger partial charge < -0.3 is 11.5 Å². The monoisotopic (exact) mass is 279 g/mol. The minimum Gasteiger partial charge on any atom is -0.311 e. The molecule has 20 heavy (non-hydrogen) atoms. The van der Waals surface area contributed by atoms with Crippen molar-refractivity contribution in [3.05, 3.63) is 0 Å². The maximum absolute atomic E-state index is 6.70. The third kappa shape index (κ3) is 1.02. The zero-order valence-electron chi connectivity index (χ0n) is 12.0. The number of rotatable bonds is 0. The van der Waals surface area contributed by atoms with Crippen LogP contribution in [0.4, 0.5) is 0 Å². The minimum absolute atomic E-state index is 0.108. The Morgan fingerprint density at radius 2 is 1.25 bits per heavy atom. The van der Waals surface area contributed by atoms with Gasteiger partial charge in [0, 0.05) is 58.9 Å². The summed E-state index contributed by atoms with van der Waals surface area (Å²) in [6.07, 6.45) is 0.861. The Bertz CT molecular complexity index is 440. The molecule has 5 rings (SSSR count). The second-order valence-electron chi connectivity index (χ2n) is 7.01. The van der Waals surface area contributed by atoms with Gasteiger partial charge >= 0.3 is 0 Å². The van der Waals surface area contributed by atoms with Gasteiger partial charge in [-0.15, -0.1) is 0 Å². The van der Waals surface area contributed by atoms with E-state index in [2.05, 4.69) is 24.9 Å². The molecule has 0 radical (unpaired) electrons. The highest BCUT2D eigenvalue weighted by atomic mass is 15.7. The van der Waals surface area contributed by atoms with E-state index in [4.69, 9.17) is 11.5 Å². The Morgan fingerprint density at radius 1 is 0.700 bits per heavy atom. The van der Waals surface area contributed by atoms with Gasteiger partial charge in [0.25, 0.3) is 0 Å². The summed E-state index contributed by atoms with van der Waals surface area (Å²) in [7, 11) is 0. The minimum atomic E-state index is -0.675. The van der Waals surface area contributed by atoms with Crippen molar-refractivity contribution >= 4 is 0 Å². The molecular weight excluding hydrogens is 254 g/mol. The Labute approximate surface area is 119 Å². The lowest BCUT2D eigenvalue weighted by Gasteiger charge is -2.76. The van der Waals surface area contributed by atoms with Crippen LogP contribution in [0.2, 0.25) is 0 Å². The maximum Gasteiger partial charge on any atom is 0.167 e. The lowest BCUT2D eigenvalue weighted by Crippen LogP contribution is -3.02. The molecule has 0 aromatic heterocycles. The predicted octanol–water partition coefficient (Wildman–Crippen LogP) is -2.79. The molecule has 0 aromatic carbocycles. The molecule has 0 amide bonds. The van der Waals surface area contributed by atoms with Gasteiger partial charge in [-0.3, -0.25) is 24.9 Å². The van der Waals surface area contributed by atoms with Crippen LogP contribution in [0.5, 0.6) is 0 Å². The van der Waals surface area contributed by atoms with E-state index in [9.17, 15) is 0 Å². The van der Waals surface area contributed by atoms with Crippen LogP contribution in [0.15, 0.2) is 0 Å². The van der Waals surface area contributed by atoms with Crippen molar-refractivity contribution in [1.29, 1.82) is 0 Å². The van der Waals surface area contributed by atoms with Crippen molar-refractivity contribution < 1.29 is 0 Å². The molecule has 7 heteroatoms. The summed E-state index contributed by atoms with van der Waals surface area (Å²) in [5, 5.41) is 3.80. The fourth-order valence-corrected chi connectivity index (χ4v) is 5.82. The van der Waals surface area contributed by atoms with Crippen molar-refractivity contribution in [3.8, 4) is 0 Å². The zero-order valence-corrected chi connectivity index (χ0v) is 12.0. The molecule has 0 aliphatic carbocycles. The normalized spacial score (nSPS) is 53.7. The maximum atomic E-state index is 6.70. The van der Waals surface area contributed by atoms with Gasteiger partial charge in [-0.25, -0.2) is 0 Å². The Balaban J connectivity index is 1.80. The van der Waals surface area contributed by atoms with Crippen LogP contribution in [0.1, 0.15) is 6.42 Å². The smallest absolute Gasteiger partial charge is 0.167 e. The Morgan fingerprint density at radius 3 is 1.95 bits per heavy atom. The van der Waals surface area contributed by atoms with Gasteiger partial charge in [0.1, 0.15) is 5.66 Å². The van der Waals surface area contributed by atoms with E-state index in [0.717, 1.165) is 65.3 Å². The number of nitrogens with two attached hydrogens (primary N) is 2. The zero-order chi connectivity index (χ0) is 13.6. The van der Waals surface area contributed by atoms with Crippen LogP contribution in [0.25, 0.3) is 0 Å². The largest absolute Gasteiger partial charge is 0.311 e. The summed E-state index contributed by atoms with van der Waals surface area (Å²) in [5.74, 6) is -0.108. The van der Waals surface area contributed by atoms with Gasteiger partial charge in [0.15, 0.2) is 11.4 Å². The summed E-state index contributed by atoms with van der Waals surface area (Å²) in [6, 6.07) is 0. The fraction of sp³-hybridized carbons (Fsp3) is 1.00. The highest BCUT2D eigenvalue weighted by molar-refractivity contribution is 5.28. The van der Waals surface area contributed by atoms with Gasteiger partial charge in [0.2, 0.25) is 0 Å². The SMILES string of the molecule is NC1(N)CCN2CCN3CCN4CCN5CCNC31C542. The first-order chi connectivity index (χ1) is 9.63. The van der Waals surface area contributed by atoms with Crippen LogP contribution in [-0.4, -0.2) is 95.6 Å². The molecule has 112 valence electrons. The molecule has 1 spiro atoms. The molecule has 5 aliphatic heterocycles. The standard InChI is InChI=1S/C13H25N7/c14-11(15)1-3-18-7-5-17-6-8-20-10-9-19-4-2-16-12(11,17)13(18,19)20/h16H,1-10,14-15H2. The summed E-state index contributed by atoms with van der Waals surface area (Å²) in [6.45, 7) is 9.79. The van der Waals surface area contributed by atoms with E-state index >= 15 is 0 Å². The molecule has 0 aromatic rings. The summed E-state index contributed by atoms with van der Waals surface area (Å²) < 4.78 is 0. The van der Waals surface area contributed by atoms with Crippen LogP contribution in [0, 0.1) is 0 Å². The molecule has 5 heterocycles.